The Bertz CT molecular complexity index is 298. The summed E-state index contributed by atoms with van der Waals surface area (Å²) in [7, 11) is 0. The zero-order valence-corrected chi connectivity index (χ0v) is 8.85. The molecule has 3 heteroatoms. The van der Waals surface area contributed by atoms with Crippen molar-refractivity contribution in [3.63, 3.8) is 0 Å². The van der Waals surface area contributed by atoms with Gasteiger partial charge in [-0.25, -0.2) is 0 Å². The Morgan fingerprint density at radius 3 is 2.43 bits per heavy atom. The molecule has 3 nitrogen and oxygen atoms in total. The number of hydrogen-bond acceptors (Lipinski definition) is 2. The molecule has 2 atom stereocenters. The van der Waals surface area contributed by atoms with Crippen molar-refractivity contribution in [2.75, 3.05) is 0 Å². The minimum Gasteiger partial charge on any atom is -0.505 e. The van der Waals surface area contributed by atoms with Crippen LogP contribution >= 0.6 is 0 Å². The third-order valence-corrected chi connectivity index (χ3v) is 3.12. The summed E-state index contributed by atoms with van der Waals surface area (Å²) in [4.78, 5) is 0. The molecule has 1 aromatic heterocycles. The molecule has 0 aromatic carbocycles. The molecule has 1 fully saturated rings. The van der Waals surface area contributed by atoms with Crippen LogP contribution in [-0.4, -0.2) is 14.9 Å². The van der Waals surface area contributed by atoms with E-state index in [9.17, 15) is 5.11 Å². The zero-order chi connectivity index (χ0) is 10.1. The van der Waals surface area contributed by atoms with Crippen molar-refractivity contribution < 1.29 is 5.11 Å². The van der Waals surface area contributed by atoms with Crippen molar-refractivity contribution in [1.29, 1.82) is 0 Å². The zero-order valence-electron chi connectivity index (χ0n) is 8.85. The molecule has 0 saturated heterocycles. The minimum absolute atomic E-state index is 0.274. The summed E-state index contributed by atoms with van der Waals surface area (Å²) in [6, 6.07) is 0.481. The van der Waals surface area contributed by atoms with Gasteiger partial charge < -0.3 is 5.11 Å². The Hall–Kier alpha value is -0.990. The van der Waals surface area contributed by atoms with Gasteiger partial charge in [-0.1, -0.05) is 13.8 Å². The fourth-order valence-electron chi connectivity index (χ4n) is 2.65. The SMILES string of the molecule is CC1CC(C)CC(n2cc(O)cn2)C1. The Morgan fingerprint density at radius 1 is 1.29 bits per heavy atom. The van der Waals surface area contributed by atoms with E-state index in [1.807, 2.05) is 4.68 Å². The van der Waals surface area contributed by atoms with Crippen LogP contribution in [0.4, 0.5) is 0 Å². The fraction of sp³-hybridized carbons (Fsp3) is 0.727. The third kappa shape index (κ3) is 1.91. The number of rotatable bonds is 1. The molecule has 1 aliphatic rings. The number of hydrogen-bond donors (Lipinski definition) is 1. The highest BCUT2D eigenvalue weighted by Crippen LogP contribution is 2.35. The molecule has 2 rings (SSSR count). The summed E-state index contributed by atoms with van der Waals surface area (Å²) in [6.45, 7) is 4.60. The molecule has 1 aromatic rings. The lowest BCUT2D eigenvalue weighted by atomic mass is 9.80. The molecule has 0 amide bonds. The highest BCUT2D eigenvalue weighted by atomic mass is 16.3. The number of nitrogens with zero attached hydrogens (tertiary/aromatic N) is 2. The van der Waals surface area contributed by atoms with Gasteiger partial charge in [0.05, 0.1) is 18.4 Å². The molecular weight excluding hydrogens is 176 g/mol. The van der Waals surface area contributed by atoms with E-state index in [4.69, 9.17) is 0 Å². The van der Waals surface area contributed by atoms with Gasteiger partial charge in [-0.2, -0.15) is 5.10 Å². The summed E-state index contributed by atoms with van der Waals surface area (Å²) in [5, 5.41) is 13.4. The van der Waals surface area contributed by atoms with Gasteiger partial charge in [-0.15, -0.1) is 0 Å². The topological polar surface area (TPSA) is 38.0 Å². The van der Waals surface area contributed by atoms with E-state index < -0.39 is 0 Å². The van der Waals surface area contributed by atoms with Crippen LogP contribution in [-0.2, 0) is 0 Å². The first-order valence-corrected chi connectivity index (χ1v) is 5.38. The van der Waals surface area contributed by atoms with Crippen LogP contribution in [0.2, 0.25) is 0 Å². The summed E-state index contributed by atoms with van der Waals surface area (Å²) >= 11 is 0. The smallest absolute Gasteiger partial charge is 0.153 e. The summed E-state index contributed by atoms with van der Waals surface area (Å²) in [5.74, 6) is 1.82. The van der Waals surface area contributed by atoms with E-state index in [0.717, 1.165) is 11.8 Å². The Morgan fingerprint density at radius 2 is 1.93 bits per heavy atom. The second kappa shape index (κ2) is 3.64. The largest absolute Gasteiger partial charge is 0.505 e. The monoisotopic (exact) mass is 194 g/mol. The average Bonchev–Trinajstić information content (AvgIpc) is 2.50. The minimum atomic E-state index is 0.274. The quantitative estimate of drug-likeness (QED) is 0.746. The highest BCUT2D eigenvalue weighted by molar-refractivity contribution is 5.09. The van der Waals surface area contributed by atoms with Gasteiger partial charge in [-0.3, -0.25) is 4.68 Å². The molecule has 1 heterocycles. The van der Waals surface area contributed by atoms with Crippen LogP contribution < -0.4 is 0 Å². The van der Waals surface area contributed by atoms with Gasteiger partial charge in [0, 0.05) is 0 Å². The summed E-state index contributed by atoms with van der Waals surface area (Å²) in [5.41, 5.74) is 0. The molecule has 78 valence electrons. The van der Waals surface area contributed by atoms with Gasteiger partial charge in [-0.05, 0) is 31.1 Å². The van der Waals surface area contributed by atoms with Crippen molar-refractivity contribution >= 4 is 0 Å². The molecular formula is C11H18N2O. The standard InChI is InChI=1S/C11H18N2O/c1-8-3-9(2)5-10(4-8)13-7-11(14)6-12-13/h6-10,14H,3-5H2,1-2H3. The fourth-order valence-corrected chi connectivity index (χ4v) is 2.65. The Kier molecular flexibility index (Phi) is 2.48. The maximum absolute atomic E-state index is 9.23. The summed E-state index contributed by atoms with van der Waals surface area (Å²) < 4.78 is 1.92. The predicted molar refractivity (Wildman–Crippen MR) is 55.1 cm³/mol. The first-order valence-electron chi connectivity index (χ1n) is 5.38. The van der Waals surface area contributed by atoms with E-state index in [1.54, 1.807) is 6.20 Å². The predicted octanol–water partition coefficient (Wildman–Crippen LogP) is 2.59. The number of aromatic nitrogens is 2. The lowest BCUT2D eigenvalue weighted by Gasteiger charge is -2.31. The lowest BCUT2D eigenvalue weighted by molar-refractivity contribution is 0.209. The van der Waals surface area contributed by atoms with Gasteiger partial charge in [0.1, 0.15) is 0 Å². The molecule has 2 unspecified atom stereocenters. The Balaban J connectivity index is 2.10. The first-order chi connectivity index (χ1) is 6.65. The second-order valence-corrected chi connectivity index (χ2v) is 4.75. The van der Waals surface area contributed by atoms with E-state index >= 15 is 0 Å². The number of aromatic hydroxyl groups is 1. The highest BCUT2D eigenvalue weighted by Gasteiger charge is 2.25. The molecule has 0 spiro atoms. The maximum atomic E-state index is 9.23. The van der Waals surface area contributed by atoms with Gasteiger partial charge >= 0.3 is 0 Å². The van der Waals surface area contributed by atoms with E-state index in [-0.39, 0.29) is 5.75 Å². The van der Waals surface area contributed by atoms with E-state index in [0.29, 0.717) is 6.04 Å². The van der Waals surface area contributed by atoms with Crippen LogP contribution in [0, 0.1) is 11.8 Å². The maximum Gasteiger partial charge on any atom is 0.153 e. The van der Waals surface area contributed by atoms with Crippen molar-refractivity contribution in [3.05, 3.63) is 12.4 Å². The average molecular weight is 194 g/mol. The summed E-state index contributed by atoms with van der Waals surface area (Å²) in [6.07, 6.45) is 6.94. The van der Waals surface area contributed by atoms with Crippen molar-refractivity contribution in [2.24, 2.45) is 11.8 Å². The molecule has 0 radical (unpaired) electrons. The van der Waals surface area contributed by atoms with Crippen molar-refractivity contribution in [2.45, 2.75) is 39.2 Å². The van der Waals surface area contributed by atoms with Crippen LogP contribution in [0.5, 0.6) is 5.75 Å². The van der Waals surface area contributed by atoms with E-state index in [1.165, 1.54) is 25.5 Å². The van der Waals surface area contributed by atoms with Crippen LogP contribution in [0.15, 0.2) is 12.4 Å². The molecule has 14 heavy (non-hydrogen) atoms. The van der Waals surface area contributed by atoms with Crippen LogP contribution in [0.3, 0.4) is 0 Å². The van der Waals surface area contributed by atoms with E-state index in [2.05, 4.69) is 18.9 Å². The molecule has 0 bridgehead atoms. The second-order valence-electron chi connectivity index (χ2n) is 4.75. The van der Waals surface area contributed by atoms with Gasteiger partial charge in [0.15, 0.2) is 5.75 Å². The van der Waals surface area contributed by atoms with Gasteiger partial charge in [0.25, 0.3) is 0 Å². The van der Waals surface area contributed by atoms with Gasteiger partial charge in [0.2, 0.25) is 0 Å². The Labute approximate surface area is 84.7 Å². The lowest BCUT2D eigenvalue weighted by Crippen LogP contribution is -2.22. The molecule has 1 saturated carbocycles. The van der Waals surface area contributed by atoms with Crippen LogP contribution in [0.25, 0.3) is 0 Å². The van der Waals surface area contributed by atoms with Crippen molar-refractivity contribution in [1.82, 2.24) is 9.78 Å². The first kappa shape index (κ1) is 9.56. The third-order valence-electron chi connectivity index (χ3n) is 3.12. The molecule has 1 N–H and O–H groups in total. The normalized spacial score (nSPS) is 33.1. The van der Waals surface area contributed by atoms with Crippen LogP contribution in [0.1, 0.15) is 39.2 Å². The molecule has 0 aliphatic heterocycles. The van der Waals surface area contributed by atoms with Crippen molar-refractivity contribution in [3.8, 4) is 5.75 Å². The molecule has 1 aliphatic carbocycles.